The highest BCUT2D eigenvalue weighted by atomic mass is 127. The van der Waals surface area contributed by atoms with Crippen molar-refractivity contribution < 1.29 is 14.6 Å². The van der Waals surface area contributed by atoms with Gasteiger partial charge in [-0.05, 0) is 53.1 Å². The predicted molar refractivity (Wildman–Crippen MR) is 81.4 cm³/mol. The lowest BCUT2D eigenvalue weighted by Crippen LogP contribution is -2.12. The predicted octanol–water partition coefficient (Wildman–Crippen LogP) is 2.87. The monoisotopic (exact) mass is 375 g/mol. The van der Waals surface area contributed by atoms with Crippen molar-refractivity contribution in [3.8, 4) is 5.75 Å². The van der Waals surface area contributed by atoms with E-state index in [2.05, 4.69) is 34.7 Å². The standard InChI is InChI=1S/C14H18INO3/c15-10-7-9-5-6-19-14(9)11(8-10)12(16)3-1-2-4-13(17)18/h7-8,12H,1-6,16H2,(H,17,18). The fourth-order valence-corrected chi connectivity index (χ4v) is 3.08. The number of halogens is 1. The second kappa shape index (κ2) is 6.56. The molecule has 1 aromatic carbocycles. The third-order valence-corrected chi connectivity index (χ3v) is 3.96. The Bertz CT molecular complexity index is 476. The zero-order valence-electron chi connectivity index (χ0n) is 10.7. The third-order valence-electron chi connectivity index (χ3n) is 3.33. The van der Waals surface area contributed by atoms with Crippen LogP contribution in [0.5, 0.6) is 5.75 Å². The number of nitrogens with two attached hydrogens (primary N) is 1. The molecule has 104 valence electrons. The highest BCUT2D eigenvalue weighted by Gasteiger charge is 2.21. The molecule has 5 heteroatoms. The summed E-state index contributed by atoms with van der Waals surface area (Å²) in [7, 11) is 0. The van der Waals surface area contributed by atoms with Crippen LogP contribution in [0.1, 0.15) is 42.9 Å². The van der Waals surface area contributed by atoms with Gasteiger partial charge in [-0.1, -0.05) is 6.42 Å². The molecule has 0 spiro atoms. The quantitative estimate of drug-likeness (QED) is 0.593. The first-order valence-electron chi connectivity index (χ1n) is 6.50. The number of ether oxygens (including phenoxy) is 1. The Morgan fingerprint density at radius 1 is 1.47 bits per heavy atom. The van der Waals surface area contributed by atoms with Gasteiger partial charge < -0.3 is 15.6 Å². The van der Waals surface area contributed by atoms with Gasteiger partial charge in [0.25, 0.3) is 0 Å². The van der Waals surface area contributed by atoms with Crippen LogP contribution >= 0.6 is 22.6 Å². The van der Waals surface area contributed by atoms with Crippen molar-refractivity contribution in [2.45, 2.75) is 38.1 Å². The number of fused-ring (bicyclic) bond motifs is 1. The molecule has 0 aromatic heterocycles. The van der Waals surface area contributed by atoms with E-state index in [-0.39, 0.29) is 12.5 Å². The summed E-state index contributed by atoms with van der Waals surface area (Å²) in [5.74, 6) is 0.207. The molecular formula is C14H18INO3. The van der Waals surface area contributed by atoms with Crippen molar-refractivity contribution in [3.05, 3.63) is 26.8 Å². The van der Waals surface area contributed by atoms with Gasteiger partial charge >= 0.3 is 5.97 Å². The Kier molecular flexibility index (Phi) is 5.04. The maximum atomic E-state index is 10.5. The van der Waals surface area contributed by atoms with Crippen LogP contribution in [-0.4, -0.2) is 17.7 Å². The number of hydrogen-bond acceptors (Lipinski definition) is 3. The van der Waals surface area contributed by atoms with Gasteiger partial charge in [-0.25, -0.2) is 0 Å². The summed E-state index contributed by atoms with van der Waals surface area (Å²) in [5, 5.41) is 8.61. The van der Waals surface area contributed by atoms with E-state index in [0.717, 1.165) is 37.2 Å². The van der Waals surface area contributed by atoms with E-state index in [1.54, 1.807) is 0 Å². The zero-order valence-corrected chi connectivity index (χ0v) is 12.9. The maximum Gasteiger partial charge on any atom is 0.303 e. The maximum absolute atomic E-state index is 10.5. The van der Waals surface area contributed by atoms with Crippen LogP contribution in [0.25, 0.3) is 0 Å². The highest BCUT2D eigenvalue weighted by Crippen LogP contribution is 2.36. The van der Waals surface area contributed by atoms with E-state index >= 15 is 0 Å². The molecule has 0 aliphatic carbocycles. The van der Waals surface area contributed by atoms with Crippen LogP contribution in [0.2, 0.25) is 0 Å². The van der Waals surface area contributed by atoms with Crippen molar-refractivity contribution in [2.75, 3.05) is 6.61 Å². The van der Waals surface area contributed by atoms with Gasteiger partial charge in [0.2, 0.25) is 0 Å². The number of rotatable bonds is 6. The number of unbranched alkanes of at least 4 members (excludes halogenated alkanes) is 1. The second-order valence-electron chi connectivity index (χ2n) is 4.83. The Balaban J connectivity index is 1.99. The molecule has 0 saturated heterocycles. The minimum atomic E-state index is -0.743. The number of carboxylic acids is 1. The molecule has 1 atom stereocenters. The molecule has 1 aliphatic rings. The minimum Gasteiger partial charge on any atom is -0.493 e. The largest absolute Gasteiger partial charge is 0.493 e. The van der Waals surface area contributed by atoms with Crippen molar-refractivity contribution in [3.63, 3.8) is 0 Å². The summed E-state index contributed by atoms with van der Waals surface area (Å²) in [6, 6.07) is 4.14. The van der Waals surface area contributed by atoms with E-state index in [9.17, 15) is 4.79 Å². The Labute approximate surface area is 126 Å². The van der Waals surface area contributed by atoms with Crippen LogP contribution in [0.4, 0.5) is 0 Å². The van der Waals surface area contributed by atoms with Crippen molar-refractivity contribution in [2.24, 2.45) is 5.73 Å². The third kappa shape index (κ3) is 3.82. The summed E-state index contributed by atoms with van der Waals surface area (Å²) < 4.78 is 6.85. The highest BCUT2D eigenvalue weighted by molar-refractivity contribution is 14.1. The molecular weight excluding hydrogens is 357 g/mol. The normalized spacial score (nSPS) is 14.8. The smallest absolute Gasteiger partial charge is 0.303 e. The van der Waals surface area contributed by atoms with Gasteiger partial charge in [-0.15, -0.1) is 0 Å². The molecule has 4 nitrogen and oxygen atoms in total. The van der Waals surface area contributed by atoms with Gasteiger partial charge in [0.05, 0.1) is 6.61 Å². The first-order chi connectivity index (χ1) is 9.08. The lowest BCUT2D eigenvalue weighted by atomic mass is 9.98. The number of benzene rings is 1. The number of hydrogen-bond donors (Lipinski definition) is 2. The first-order valence-corrected chi connectivity index (χ1v) is 7.58. The first kappa shape index (κ1) is 14.6. The second-order valence-corrected chi connectivity index (χ2v) is 6.07. The Morgan fingerprint density at radius 3 is 3.00 bits per heavy atom. The van der Waals surface area contributed by atoms with Crippen LogP contribution in [0.3, 0.4) is 0 Å². The number of aliphatic carboxylic acids is 1. The molecule has 3 N–H and O–H groups in total. The molecule has 0 saturated carbocycles. The van der Waals surface area contributed by atoms with Crippen molar-refractivity contribution >= 4 is 28.6 Å². The molecule has 2 rings (SSSR count). The van der Waals surface area contributed by atoms with Crippen molar-refractivity contribution in [1.82, 2.24) is 0 Å². The number of carboxylic acid groups (broad SMARTS) is 1. The SMILES string of the molecule is NC(CCCCC(=O)O)c1cc(I)cc2c1OCC2. The molecule has 0 bridgehead atoms. The lowest BCUT2D eigenvalue weighted by molar-refractivity contribution is -0.137. The van der Waals surface area contributed by atoms with Crippen molar-refractivity contribution in [1.29, 1.82) is 0 Å². The molecule has 1 heterocycles. The average molecular weight is 375 g/mol. The summed E-state index contributed by atoms with van der Waals surface area (Å²) >= 11 is 2.30. The Morgan fingerprint density at radius 2 is 2.26 bits per heavy atom. The molecule has 0 amide bonds. The van der Waals surface area contributed by atoms with E-state index in [4.69, 9.17) is 15.6 Å². The topological polar surface area (TPSA) is 72.6 Å². The summed E-state index contributed by atoms with van der Waals surface area (Å²) in [6.45, 7) is 0.730. The van der Waals surface area contributed by atoms with Gasteiger partial charge in [0, 0.05) is 28.0 Å². The molecule has 1 aromatic rings. The summed E-state index contributed by atoms with van der Waals surface area (Å²) in [4.78, 5) is 10.5. The van der Waals surface area contributed by atoms with E-state index < -0.39 is 5.97 Å². The van der Waals surface area contributed by atoms with Crippen LogP contribution in [0.15, 0.2) is 12.1 Å². The molecule has 0 fully saturated rings. The summed E-state index contributed by atoms with van der Waals surface area (Å²) in [5.41, 5.74) is 8.53. The molecule has 1 aliphatic heterocycles. The van der Waals surface area contributed by atoms with Gasteiger partial charge in [0.1, 0.15) is 5.75 Å². The van der Waals surface area contributed by atoms with E-state index in [0.29, 0.717) is 6.42 Å². The van der Waals surface area contributed by atoms with Crippen LogP contribution in [-0.2, 0) is 11.2 Å². The fraction of sp³-hybridized carbons (Fsp3) is 0.500. The van der Waals surface area contributed by atoms with Crippen LogP contribution in [0, 0.1) is 3.57 Å². The minimum absolute atomic E-state index is 0.0737. The molecule has 19 heavy (non-hydrogen) atoms. The van der Waals surface area contributed by atoms with Gasteiger partial charge in [-0.3, -0.25) is 4.79 Å². The van der Waals surface area contributed by atoms with E-state index in [1.165, 1.54) is 9.13 Å². The molecule has 1 unspecified atom stereocenters. The molecule has 0 radical (unpaired) electrons. The summed E-state index contributed by atoms with van der Waals surface area (Å²) in [6.07, 6.45) is 3.46. The number of carbonyl (C=O) groups is 1. The zero-order chi connectivity index (χ0) is 13.8. The van der Waals surface area contributed by atoms with Gasteiger partial charge in [-0.2, -0.15) is 0 Å². The fourth-order valence-electron chi connectivity index (χ4n) is 2.37. The van der Waals surface area contributed by atoms with Crippen LogP contribution < -0.4 is 10.5 Å². The van der Waals surface area contributed by atoms with E-state index in [1.807, 2.05) is 0 Å². The average Bonchev–Trinajstić information content (AvgIpc) is 2.80. The van der Waals surface area contributed by atoms with Gasteiger partial charge in [0.15, 0.2) is 0 Å². The lowest BCUT2D eigenvalue weighted by Gasteiger charge is -2.16. The Hall–Kier alpha value is -0.820.